The predicted octanol–water partition coefficient (Wildman–Crippen LogP) is 5.18. The highest BCUT2D eigenvalue weighted by Crippen LogP contribution is 2.36. The van der Waals surface area contributed by atoms with Gasteiger partial charge in [-0.05, 0) is 85.8 Å². The van der Waals surface area contributed by atoms with Crippen LogP contribution in [0.2, 0.25) is 5.15 Å². The number of nitrogens with zero attached hydrogens (tertiary/aromatic N) is 6. The van der Waals surface area contributed by atoms with Crippen molar-refractivity contribution in [2.45, 2.75) is 58.1 Å². The Morgan fingerprint density at radius 2 is 1.64 bits per heavy atom. The molecule has 1 aromatic carbocycles. The van der Waals surface area contributed by atoms with Crippen LogP contribution in [0.4, 0.5) is 0 Å². The number of piperazine rings is 1. The Labute approximate surface area is 273 Å². The molecule has 6 rings (SSSR count). The largest absolute Gasteiger partial charge is 0.489 e. The molecule has 0 unspecified atom stereocenters. The highest BCUT2D eigenvalue weighted by Gasteiger charge is 2.35. The maximum Gasteiger partial charge on any atom is 0.282 e. The number of pyridine rings is 1. The molecule has 0 saturated carbocycles. The SMILES string of the molecule is CC(C)N1CCC(Oc2cc3cc(C(=O)N4CCN(S(=O)(=O)N5CCCCC5)CC4)n(-c4ccnc(Cl)c4)c3cc2Br)CC1. The number of benzene rings is 1. The Morgan fingerprint density at radius 1 is 0.955 bits per heavy atom. The van der Waals surface area contributed by atoms with E-state index in [2.05, 4.69) is 39.7 Å². The lowest BCUT2D eigenvalue weighted by Crippen LogP contribution is -2.55. The van der Waals surface area contributed by atoms with Gasteiger partial charge in [0.15, 0.2) is 0 Å². The van der Waals surface area contributed by atoms with Crippen molar-refractivity contribution in [2.75, 3.05) is 52.4 Å². The second kappa shape index (κ2) is 13.3. The number of piperidine rings is 2. The Bertz CT molecular complexity index is 1610. The van der Waals surface area contributed by atoms with E-state index in [4.69, 9.17) is 16.3 Å². The van der Waals surface area contributed by atoms with Crippen molar-refractivity contribution in [1.29, 1.82) is 0 Å². The maximum absolute atomic E-state index is 14.1. The van der Waals surface area contributed by atoms with Crippen molar-refractivity contribution in [3.63, 3.8) is 0 Å². The van der Waals surface area contributed by atoms with E-state index in [0.717, 1.165) is 72.0 Å². The zero-order valence-corrected chi connectivity index (χ0v) is 28.5. The Kier molecular flexibility index (Phi) is 9.56. The Balaban J connectivity index is 1.26. The summed E-state index contributed by atoms with van der Waals surface area (Å²) >= 11 is 10.0. The van der Waals surface area contributed by atoms with E-state index in [1.54, 1.807) is 21.5 Å². The molecule has 2 aromatic heterocycles. The summed E-state index contributed by atoms with van der Waals surface area (Å²) in [4.78, 5) is 22.5. The van der Waals surface area contributed by atoms with E-state index in [0.29, 0.717) is 43.1 Å². The number of likely N-dealkylation sites (tertiary alicyclic amines) is 1. The van der Waals surface area contributed by atoms with Crippen LogP contribution in [0, 0.1) is 0 Å². The van der Waals surface area contributed by atoms with E-state index in [9.17, 15) is 13.2 Å². The minimum atomic E-state index is -3.52. The number of hydrogen-bond acceptors (Lipinski definition) is 6. The van der Waals surface area contributed by atoms with Gasteiger partial charge in [-0.3, -0.25) is 4.79 Å². The van der Waals surface area contributed by atoms with Crippen LogP contribution in [0.25, 0.3) is 16.6 Å². The summed E-state index contributed by atoms with van der Waals surface area (Å²) in [6.07, 6.45) is 6.51. The van der Waals surface area contributed by atoms with Crippen molar-refractivity contribution < 1.29 is 17.9 Å². The van der Waals surface area contributed by atoms with Crippen LogP contribution < -0.4 is 4.74 Å². The van der Waals surface area contributed by atoms with Gasteiger partial charge in [-0.1, -0.05) is 18.0 Å². The average molecular weight is 708 g/mol. The molecule has 3 aliphatic heterocycles. The van der Waals surface area contributed by atoms with Crippen LogP contribution in [-0.4, -0.2) is 107 Å². The molecule has 13 heteroatoms. The van der Waals surface area contributed by atoms with E-state index in [1.165, 1.54) is 4.31 Å². The van der Waals surface area contributed by atoms with Gasteiger partial charge in [-0.2, -0.15) is 17.0 Å². The molecule has 3 fully saturated rings. The van der Waals surface area contributed by atoms with Crippen LogP contribution in [0.1, 0.15) is 56.4 Å². The van der Waals surface area contributed by atoms with Crippen molar-refractivity contribution in [3.05, 3.63) is 51.8 Å². The number of rotatable bonds is 7. The molecular formula is C31H40BrClN6O4S. The molecule has 10 nitrogen and oxygen atoms in total. The first-order valence-corrected chi connectivity index (χ1v) is 18.1. The molecule has 1 amide bonds. The van der Waals surface area contributed by atoms with Crippen LogP contribution in [-0.2, 0) is 10.2 Å². The number of ether oxygens (including phenoxy) is 1. The number of aromatic nitrogens is 2. The summed E-state index contributed by atoms with van der Waals surface area (Å²) in [5.41, 5.74) is 2.02. The number of hydrogen-bond donors (Lipinski definition) is 0. The fourth-order valence-electron chi connectivity index (χ4n) is 6.50. The molecule has 0 radical (unpaired) electrons. The topological polar surface area (TPSA) is 91.2 Å². The van der Waals surface area contributed by atoms with Gasteiger partial charge in [0, 0.05) is 70.0 Å². The van der Waals surface area contributed by atoms with Crippen LogP contribution >= 0.6 is 27.5 Å². The number of carbonyl (C=O) groups is 1. The summed E-state index contributed by atoms with van der Waals surface area (Å²) in [5, 5.41) is 1.19. The van der Waals surface area contributed by atoms with E-state index < -0.39 is 10.2 Å². The minimum Gasteiger partial charge on any atom is -0.489 e. The molecule has 44 heavy (non-hydrogen) atoms. The zero-order valence-electron chi connectivity index (χ0n) is 25.3. The quantitative estimate of drug-likeness (QED) is 0.315. The Hall–Kier alpha value is -2.22. The van der Waals surface area contributed by atoms with Crippen molar-refractivity contribution in [2.24, 2.45) is 0 Å². The van der Waals surface area contributed by atoms with Gasteiger partial charge >= 0.3 is 0 Å². The minimum absolute atomic E-state index is 0.124. The number of halogens is 2. The monoisotopic (exact) mass is 706 g/mol. The first-order valence-electron chi connectivity index (χ1n) is 15.5. The lowest BCUT2D eigenvalue weighted by molar-refractivity contribution is 0.0685. The molecule has 238 valence electrons. The van der Waals surface area contributed by atoms with Gasteiger partial charge in [0.1, 0.15) is 22.7 Å². The summed E-state index contributed by atoms with van der Waals surface area (Å²) in [5.74, 6) is 0.588. The average Bonchev–Trinajstić information content (AvgIpc) is 3.39. The zero-order chi connectivity index (χ0) is 31.0. The van der Waals surface area contributed by atoms with E-state index in [-0.39, 0.29) is 25.1 Å². The smallest absolute Gasteiger partial charge is 0.282 e. The normalized spacial score (nSPS) is 20.1. The third-order valence-corrected chi connectivity index (χ3v) is 11.9. The van der Waals surface area contributed by atoms with E-state index >= 15 is 0 Å². The second-order valence-corrected chi connectivity index (χ2v) is 15.3. The number of fused-ring (bicyclic) bond motifs is 1. The first kappa shape index (κ1) is 31.7. The second-order valence-electron chi connectivity index (χ2n) is 12.1. The third kappa shape index (κ3) is 6.52. The van der Waals surface area contributed by atoms with E-state index in [1.807, 2.05) is 28.8 Å². The molecule has 0 bridgehead atoms. The standard InChI is InChI=1S/C31H40BrClN6O4S/c1-22(2)35-12-7-25(8-13-35)43-29-19-23-18-28(39(27(23)21-26(29)32)24-6-9-34-30(33)20-24)31(40)36-14-16-38(17-15-36)44(41,42)37-10-4-3-5-11-37/h6,9,18-22,25H,3-5,7-8,10-17H2,1-2H3. The number of amides is 1. The molecule has 0 spiro atoms. The van der Waals surface area contributed by atoms with Gasteiger partial charge in [0.05, 0.1) is 15.7 Å². The van der Waals surface area contributed by atoms with Crippen molar-refractivity contribution in [1.82, 2.24) is 28.0 Å². The highest BCUT2D eigenvalue weighted by atomic mass is 79.9. The molecule has 3 aliphatic rings. The van der Waals surface area contributed by atoms with Gasteiger partial charge in [-0.15, -0.1) is 0 Å². The Morgan fingerprint density at radius 3 is 2.30 bits per heavy atom. The number of carbonyl (C=O) groups excluding carboxylic acids is 1. The first-order chi connectivity index (χ1) is 21.1. The summed E-state index contributed by atoms with van der Waals surface area (Å²) in [7, 11) is -3.52. The molecular weight excluding hydrogens is 668 g/mol. The lowest BCUT2D eigenvalue weighted by atomic mass is 10.1. The summed E-state index contributed by atoms with van der Waals surface area (Å²) in [6, 6.07) is 9.96. The molecule has 5 heterocycles. The van der Waals surface area contributed by atoms with Crippen LogP contribution in [0.5, 0.6) is 5.75 Å². The lowest BCUT2D eigenvalue weighted by Gasteiger charge is -2.37. The molecule has 3 saturated heterocycles. The molecule has 3 aromatic rings. The van der Waals surface area contributed by atoms with Crippen LogP contribution in [0.15, 0.2) is 41.0 Å². The van der Waals surface area contributed by atoms with Crippen molar-refractivity contribution >= 4 is 54.6 Å². The summed E-state index contributed by atoms with van der Waals surface area (Å²) in [6.45, 7) is 8.76. The van der Waals surface area contributed by atoms with Gasteiger partial charge in [0.25, 0.3) is 16.1 Å². The predicted molar refractivity (Wildman–Crippen MR) is 176 cm³/mol. The fraction of sp³-hybridized carbons (Fsp3) is 0.548. The molecule has 0 N–H and O–H groups in total. The van der Waals surface area contributed by atoms with Crippen molar-refractivity contribution in [3.8, 4) is 11.4 Å². The molecule has 0 aliphatic carbocycles. The summed E-state index contributed by atoms with van der Waals surface area (Å²) < 4.78 is 38.8. The highest BCUT2D eigenvalue weighted by molar-refractivity contribution is 9.10. The van der Waals surface area contributed by atoms with Gasteiger partial charge in [0.2, 0.25) is 0 Å². The van der Waals surface area contributed by atoms with Gasteiger partial charge in [-0.25, -0.2) is 4.98 Å². The van der Waals surface area contributed by atoms with Crippen LogP contribution in [0.3, 0.4) is 0 Å². The van der Waals surface area contributed by atoms with Gasteiger partial charge < -0.3 is 19.1 Å². The third-order valence-electron chi connectivity index (χ3n) is 9.04. The maximum atomic E-state index is 14.1. The fourth-order valence-corrected chi connectivity index (χ4v) is 8.76. The molecule has 0 atom stereocenters.